The van der Waals surface area contributed by atoms with E-state index in [1.54, 1.807) is 0 Å². The number of benzene rings is 1. The molecule has 4 rings (SSSR count). The summed E-state index contributed by atoms with van der Waals surface area (Å²) in [6, 6.07) is 7.72. The molecule has 2 heterocycles. The van der Waals surface area contributed by atoms with Crippen molar-refractivity contribution in [2.75, 3.05) is 24.5 Å². The minimum atomic E-state index is -0.394. The van der Waals surface area contributed by atoms with Crippen molar-refractivity contribution in [3.8, 4) is 0 Å². The van der Waals surface area contributed by atoms with Crippen molar-refractivity contribution in [2.24, 2.45) is 0 Å². The van der Waals surface area contributed by atoms with E-state index in [9.17, 15) is 9.59 Å². The highest BCUT2D eigenvalue weighted by Gasteiger charge is 2.60. The number of carbonyl (C=O) groups is 2. The van der Waals surface area contributed by atoms with Crippen LogP contribution in [0.4, 0.5) is 5.69 Å². The number of rotatable bonds is 2. The van der Waals surface area contributed by atoms with Crippen LogP contribution in [0.3, 0.4) is 0 Å². The molecule has 1 aliphatic carbocycles. The van der Waals surface area contributed by atoms with Gasteiger partial charge < -0.3 is 9.80 Å². The third kappa shape index (κ3) is 1.88. The van der Waals surface area contributed by atoms with Crippen LogP contribution in [0.2, 0.25) is 0 Å². The fraction of sp³-hybridized carbons (Fsp3) is 0.529. The zero-order chi connectivity index (χ0) is 14.4. The Bertz CT molecular complexity index is 601. The monoisotopic (exact) mass is 284 g/mol. The summed E-state index contributed by atoms with van der Waals surface area (Å²) >= 11 is 0. The molecule has 1 saturated carbocycles. The summed E-state index contributed by atoms with van der Waals surface area (Å²) in [6.45, 7) is 2.09. The van der Waals surface area contributed by atoms with Crippen LogP contribution < -0.4 is 4.90 Å². The van der Waals surface area contributed by atoms with Crippen molar-refractivity contribution >= 4 is 17.4 Å². The maximum absolute atomic E-state index is 12.6. The van der Waals surface area contributed by atoms with Gasteiger partial charge in [-0.25, -0.2) is 0 Å². The number of hydrogen-bond acceptors (Lipinski definition) is 3. The topological polar surface area (TPSA) is 40.6 Å². The lowest BCUT2D eigenvalue weighted by atomic mass is 10.1. The van der Waals surface area contributed by atoms with Gasteiger partial charge in [-0.15, -0.1) is 0 Å². The van der Waals surface area contributed by atoms with Gasteiger partial charge in [0.1, 0.15) is 5.54 Å². The summed E-state index contributed by atoms with van der Waals surface area (Å²) in [4.78, 5) is 29.2. The van der Waals surface area contributed by atoms with Gasteiger partial charge in [0.25, 0.3) is 0 Å². The van der Waals surface area contributed by atoms with Crippen LogP contribution in [0.5, 0.6) is 0 Å². The van der Waals surface area contributed by atoms with Crippen molar-refractivity contribution in [3.63, 3.8) is 0 Å². The lowest BCUT2D eigenvalue weighted by Crippen LogP contribution is -2.47. The number of nitrogens with zero attached hydrogens (tertiary/aromatic N) is 2. The van der Waals surface area contributed by atoms with Crippen LogP contribution in [-0.2, 0) is 4.79 Å². The molecule has 0 bridgehead atoms. The maximum Gasteiger partial charge on any atom is 0.242 e. The first-order valence-electron chi connectivity index (χ1n) is 7.92. The predicted octanol–water partition coefficient (Wildman–Crippen LogP) is 2.23. The van der Waals surface area contributed by atoms with Crippen LogP contribution >= 0.6 is 0 Å². The van der Waals surface area contributed by atoms with E-state index in [2.05, 4.69) is 4.90 Å². The molecular weight excluding hydrogens is 264 g/mol. The summed E-state index contributed by atoms with van der Waals surface area (Å²) < 4.78 is 0. The molecule has 0 atom stereocenters. The van der Waals surface area contributed by atoms with E-state index in [0.29, 0.717) is 6.54 Å². The molecule has 110 valence electrons. The van der Waals surface area contributed by atoms with E-state index in [4.69, 9.17) is 0 Å². The number of piperidine rings is 1. The zero-order valence-electron chi connectivity index (χ0n) is 12.2. The van der Waals surface area contributed by atoms with Gasteiger partial charge in [0.05, 0.1) is 6.54 Å². The SMILES string of the molecule is O=C(CN1c2ccccc2C(=O)C12CC2)N1CCCCC1. The molecule has 1 aromatic carbocycles. The first kappa shape index (κ1) is 12.9. The van der Waals surface area contributed by atoms with Crippen molar-refractivity contribution in [2.45, 2.75) is 37.6 Å². The number of likely N-dealkylation sites (tertiary alicyclic amines) is 1. The number of hydrogen-bond donors (Lipinski definition) is 0. The van der Waals surface area contributed by atoms with Gasteiger partial charge in [0.2, 0.25) is 5.91 Å². The Morgan fingerprint density at radius 2 is 1.81 bits per heavy atom. The molecule has 2 aliphatic heterocycles. The van der Waals surface area contributed by atoms with Gasteiger partial charge >= 0.3 is 0 Å². The van der Waals surface area contributed by atoms with Gasteiger partial charge in [-0.05, 0) is 44.2 Å². The second-order valence-corrected chi connectivity index (χ2v) is 6.41. The van der Waals surface area contributed by atoms with Crippen LogP contribution in [0.25, 0.3) is 0 Å². The lowest BCUT2D eigenvalue weighted by molar-refractivity contribution is -0.130. The fourth-order valence-electron chi connectivity index (χ4n) is 3.74. The second kappa shape index (κ2) is 4.58. The Labute approximate surface area is 124 Å². The summed E-state index contributed by atoms with van der Waals surface area (Å²) in [7, 11) is 0. The van der Waals surface area contributed by atoms with Crippen LogP contribution in [0, 0.1) is 0 Å². The zero-order valence-corrected chi connectivity index (χ0v) is 12.2. The molecule has 4 nitrogen and oxygen atoms in total. The first-order valence-corrected chi connectivity index (χ1v) is 7.92. The van der Waals surface area contributed by atoms with E-state index < -0.39 is 5.54 Å². The molecule has 3 aliphatic rings. The second-order valence-electron chi connectivity index (χ2n) is 6.41. The number of ketones is 1. The van der Waals surface area contributed by atoms with Crippen molar-refractivity contribution in [3.05, 3.63) is 29.8 Å². The van der Waals surface area contributed by atoms with Gasteiger partial charge in [-0.3, -0.25) is 9.59 Å². The number of fused-ring (bicyclic) bond motifs is 1. The summed E-state index contributed by atoms with van der Waals surface area (Å²) in [6.07, 6.45) is 5.19. The predicted molar refractivity (Wildman–Crippen MR) is 80.5 cm³/mol. The van der Waals surface area contributed by atoms with Crippen molar-refractivity contribution < 1.29 is 9.59 Å². The molecule has 1 spiro atoms. The van der Waals surface area contributed by atoms with E-state index in [1.807, 2.05) is 29.2 Å². The Kier molecular flexibility index (Phi) is 2.81. The maximum atomic E-state index is 12.6. The fourth-order valence-corrected chi connectivity index (χ4v) is 3.74. The smallest absolute Gasteiger partial charge is 0.242 e. The molecule has 1 saturated heterocycles. The van der Waals surface area contributed by atoms with Crippen LogP contribution in [0.15, 0.2) is 24.3 Å². The molecule has 0 unspecified atom stereocenters. The summed E-state index contributed by atoms with van der Waals surface area (Å²) in [5.74, 6) is 0.384. The van der Waals surface area contributed by atoms with Crippen LogP contribution in [-0.4, -0.2) is 41.8 Å². The molecule has 21 heavy (non-hydrogen) atoms. The van der Waals surface area contributed by atoms with E-state index in [1.165, 1.54) is 6.42 Å². The van der Waals surface area contributed by atoms with Crippen molar-refractivity contribution in [1.82, 2.24) is 4.90 Å². The van der Waals surface area contributed by atoms with Crippen molar-refractivity contribution in [1.29, 1.82) is 0 Å². The number of Topliss-reactive ketones (excluding diaryl/α,β-unsaturated/α-hetero) is 1. The molecule has 0 N–H and O–H groups in total. The highest BCUT2D eigenvalue weighted by Crippen LogP contribution is 2.52. The first-order chi connectivity index (χ1) is 10.2. The largest absolute Gasteiger partial charge is 0.348 e. The lowest BCUT2D eigenvalue weighted by Gasteiger charge is -2.31. The molecule has 0 radical (unpaired) electrons. The molecule has 0 aromatic heterocycles. The minimum absolute atomic E-state index is 0.172. The Balaban J connectivity index is 1.59. The number of para-hydroxylation sites is 1. The molecule has 2 fully saturated rings. The van der Waals surface area contributed by atoms with Gasteiger partial charge in [0, 0.05) is 24.3 Å². The van der Waals surface area contributed by atoms with Gasteiger partial charge in [-0.2, -0.15) is 0 Å². The third-order valence-corrected chi connectivity index (χ3v) is 5.10. The van der Waals surface area contributed by atoms with Gasteiger partial charge in [-0.1, -0.05) is 12.1 Å². The molecular formula is C17H20N2O2. The molecule has 1 amide bonds. The van der Waals surface area contributed by atoms with Gasteiger partial charge in [0.15, 0.2) is 5.78 Å². The number of carbonyl (C=O) groups excluding carboxylic acids is 2. The Morgan fingerprint density at radius 1 is 1.10 bits per heavy atom. The quantitative estimate of drug-likeness (QED) is 0.836. The number of anilines is 1. The van der Waals surface area contributed by atoms with E-state index in [0.717, 1.165) is 50.0 Å². The number of amides is 1. The Hall–Kier alpha value is -1.84. The minimum Gasteiger partial charge on any atom is -0.348 e. The molecule has 4 heteroatoms. The Morgan fingerprint density at radius 3 is 2.52 bits per heavy atom. The summed E-state index contributed by atoms with van der Waals surface area (Å²) in [5, 5.41) is 0. The standard InChI is InChI=1S/C17H20N2O2/c20-15(18-10-4-1-5-11-18)12-19-14-7-3-2-6-13(14)16(21)17(19)8-9-17/h2-3,6-7H,1,4-5,8-12H2. The average Bonchev–Trinajstić information content (AvgIpc) is 3.30. The normalized spacial score (nSPS) is 22.6. The van der Waals surface area contributed by atoms with E-state index >= 15 is 0 Å². The van der Waals surface area contributed by atoms with Crippen LogP contribution in [0.1, 0.15) is 42.5 Å². The highest BCUT2D eigenvalue weighted by molar-refractivity contribution is 6.16. The average molecular weight is 284 g/mol. The summed E-state index contributed by atoms with van der Waals surface area (Å²) in [5.41, 5.74) is 1.35. The van der Waals surface area contributed by atoms with E-state index in [-0.39, 0.29) is 11.7 Å². The molecule has 1 aromatic rings. The highest BCUT2D eigenvalue weighted by atomic mass is 16.2. The third-order valence-electron chi connectivity index (χ3n) is 5.10.